The van der Waals surface area contributed by atoms with Crippen molar-refractivity contribution in [2.24, 2.45) is 0 Å². The number of methoxy groups -OCH3 is 2. The van der Waals surface area contributed by atoms with E-state index in [1.165, 1.54) is 0 Å². The molecule has 2 heterocycles. The van der Waals surface area contributed by atoms with Crippen LogP contribution in [-0.4, -0.2) is 55.6 Å². The summed E-state index contributed by atoms with van der Waals surface area (Å²) in [6.07, 6.45) is 2.41. The molecule has 0 aliphatic carbocycles. The Bertz CT molecular complexity index is 1040. The Morgan fingerprint density at radius 1 is 1.09 bits per heavy atom. The number of amides is 3. The summed E-state index contributed by atoms with van der Waals surface area (Å²) < 4.78 is 10.8. The highest BCUT2D eigenvalue weighted by atomic mass is 16.5. The summed E-state index contributed by atoms with van der Waals surface area (Å²) in [6, 6.07) is 14.6. The Kier molecular flexibility index (Phi) is 6.16. The highest BCUT2D eigenvalue weighted by Gasteiger charge is 2.43. The smallest absolute Gasteiger partial charge is 0.322 e. The normalized spacial score (nSPS) is 17.9. The zero-order valence-corrected chi connectivity index (χ0v) is 18.3. The summed E-state index contributed by atoms with van der Waals surface area (Å²) in [4.78, 5) is 29.9. The number of carbonyl (C=O) groups excluding carboxylic acids is 2. The zero-order valence-electron chi connectivity index (χ0n) is 18.3. The number of hydrogen-bond donors (Lipinski definition) is 1. The Morgan fingerprint density at radius 2 is 1.78 bits per heavy atom. The summed E-state index contributed by atoms with van der Waals surface area (Å²) in [5, 5.41) is 2.99. The first-order valence-electron chi connectivity index (χ1n) is 10.5. The van der Waals surface area contributed by atoms with E-state index >= 15 is 0 Å². The molecule has 4 rings (SSSR count). The van der Waals surface area contributed by atoms with Gasteiger partial charge in [0.15, 0.2) is 0 Å². The summed E-state index contributed by atoms with van der Waals surface area (Å²) >= 11 is 0. The molecule has 0 saturated heterocycles. The van der Waals surface area contributed by atoms with E-state index in [0.29, 0.717) is 36.7 Å². The Labute approximate surface area is 187 Å². The topological polar surface area (TPSA) is 71.1 Å². The first-order valence-corrected chi connectivity index (χ1v) is 10.5. The number of hydrogen-bond acceptors (Lipinski definition) is 4. The monoisotopic (exact) mass is 433 g/mol. The molecule has 2 aliphatic heterocycles. The second kappa shape index (κ2) is 9.18. The Morgan fingerprint density at radius 3 is 2.41 bits per heavy atom. The van der Waals surface area contributed by atoms with E-state index in [-0.39, 0.29) is 11.9 Å². The van der Waals surface area contributed by atoms with Crippen molar-refractivity contribution in [3.05, 3.63) is 83.6 Å². The van der Waals surface area contributed by atoms with Crippen LogP contribution in [0.1, 0.15) is 17.2 Å². The second-order valence-corrected chi connectivity index (χ2v) is 7.75. The minimum Gasteiger partial charge on any atom is -0.497 e. The molecule has 2 aliphatic rings. The highest BCUT2D eigenvalue weighted by Crippen LogP contribution is 2.38. The molecule has 3 amide bonds. The maximum absolute atomic E-state index is 13.5. The van der Waals surface area contributed by atoms with Gasteiger partial charge in [-0.15, -0.1) is 6.58 Å². The predicted octanol–water partition coefficient (Wildman–Crippen LogP) is 3.30. The predicted molar refractivity (Wildman–Crippen MR) is 121 cm³/mol. The van der Waals surface area contributed by atoms with E-state index in [0.717, 1.165) is 23.2 Å². The van der Waals surface area contributed by atoms with Crippen LogP contribution in [0.15, 0.2) is 72.5 Å². The summed E-state index contributed by atoms with van der Waals surface area (Å²) in [6.45, 7) is 5.05. The van der Waals surface area contributed by atoms with E-state index in [4.69, 9.17) is 9.47 Å². The molecule has 0 radical (unpaired) electrons. The van der Waals surface area contributed by atoms with Gasteiger partial charge in [-0.3, -0.25) is 9.69 Å². The fourth-order valence-corrected chi connectivity index (χ4v) is 4.21. The third-order valence-corrected chi connectivity index (χ3v) is 5.83. The number of urea groups is 1. The van der Waals surface area contributed by atoms with Crippen LogP contribution in [0.4, 0.5) is 4.79 Å². The molecular weight excluding hydrogens is 406 g/mol. The van der Waals surface area contributed by atoms with Crippen LogP contribution in [0.3, 0.4) is 0 Å². The number of nitrogens with zero attached hydrogens (tertiary/aromatic N) is 2. The molecule has 0 fully saturated rings. The Hall–Kier alpha value is -3.74. The van der Waals surface area contributed by atoms with Crippen molar-refractivity contribution in [1.29, 1.82) is 0 Å². The van der Waals surface area contributed by atoms with E-state index in [1.807, 2.05) is 42.5 Å². The first-order chi connectivity index (χ1) is 15.5. The average molecular weight is 434 g/mol. The van der Waals surface area contributed by atoms with Gasteiger partial charge < -0.3 is 19.7 Å². The number of benzene rings is 2. The fourth-order valence-electron chi connectivity index (χ4n) is 4.21. The van der Waals surface area contributed by atoms with Gasteiger partial charge in [0.2, 0.25) is 0 Å². The lowest BCUT2D eigenvalue weighted by Crippen LogP contribution is -2.47. The van der Waals surface area contributed by atoms with Gasteiger partial charge >= 0.3 is 6.03 Å². The van der Waals surface area contributed by atoms with Crippen LogP contribution >= 0.6 is 0 Å². The van der Waals surface area contributed by atoms with Crippen LogP contribution in [-0.2, 0) is 11.2 Å². The molecule has 1 N–H and O–H groups in total. The summed E-state index contributed by atoms with van der Waals surface area (Å²) in [5.41, 5.74) is 3.20. The minimum atomic E-state index is -0.586. The molecule has 0 aromatic heterocycles. The van der Waals surface area contributed by atoms with Crippen LogP contribution < -0.4 is 14.8 Å². The standard InChI is InChI=1S/C25H27N3O4/c1-4-11-28-21-16-27(12-10-17-8-6-5-7-9-17)24(29)22(21)23(26-25(28)30)18-13-19(31-2)15-20(14-18)32-3/h4-9,13-15,23H,1,10-12,16H2,2-3H3,(H,26,30). The van der Waals surface area contributed by atoms with E-state index in [1.54, 1.807) is 36.2 Å². The first kappa shape index (κ1) is 21.5. The van der Waals surface area contributed by atoms with Crippen LogP contribution in [0.2, 0.25) is 0 Å². The lowest BCUT2D eigenvalue weighted by atomic mass is 9.95. The third kappa shape index (κ3) is 4.06. The van der Waals surface area contributed by atoms with Crippen molar-refractivity contribution in [3.8, 4) is 11.5 Å². The molecule has 32 heavy (non-hydrogen) atoms. The maximum atomic E-state index is 13.5. The quantitative estimate of drug-likeness (QED) is 0.649. The molecule has 7 heteroatoms. The molecule has 7 nitrogen and oxygen atoms in total. The molecule has 1 atom stereocenters. The number of carbonyl (C=O) groups is 2. The van der Waals surface area contributed by atoms with E-state index in [9.17, 15) is 9.59 Å². The molecule has 0 bridgehead atoms. The third-order valence-electron chi connectivity index (χ3n) is 5.83. The summed E-state index contributed by atoms with van der Waals surface area (Å²) in [7, 11) is 3.14. The van der Waals surface area contributed by atoms with Crippen LogP contribution in [0, 0.1) is 0 Å². The molecular formula is C25H27N3O4. The van der Waals surface area contributed by atoms with Crippen molar-refractivity contribution in [1.82, 2.24) is 15.1 Å². The molecule has 2 aromatic rings. The van der Waals surface area contributed by atoms with E-state index in [2.05, 4.69) is 11.9 Å². The number of rotatable bonds is 8. The van der Waals surface area contributed by atoms with Crippen molar-refractivity contribution >= 4 is 11.9 Å². The van der Waals surface area contributed by atoms with Crippen LogP contribution in [0.5, 0.6) is 11.5 Å². The van der Waals surface area contributed by atoms with Gasteiger partial charge in [-0.2, -0.15) is 0 Å². The van der Waals surface area contributed by atoms with E-state index < -0.39 is 6.04 Å². The molecule has 166 valence electrons. The molecule has 0 saturated carbocycles. The largest absolute Gasteiger partial charge is 0.497 e. The second-order valence-electron chi connectivity index (χ2n) is 7.75. The number of ether oxygens (including phenoxy) is 2. The van der Waals surface area contributed by atoms with Crippen molar-refractivity contribution in [3.63, 3.8) is 0 Å². The van der Waals surface area contributed by atoms with Gasteiger partial charge in [0.25, 0.3) is 5.91 Å². The van der Waals surface area contributed by atoms with Gasteiger partial charge in [-0.1, -0.05) is 36.4 Å². The number of nitrogens with one attached hydrogen (secondary N) is 1. The van der Waals surface area contributed by atoms with Gasteiger partial charge in [-0.05, 0) is 29.7 Å². The van der Waals surface area contributed by atoms with Gasteiger partial charge in [-0.25, -0.2) is 4.79 Å². The van der Waals surface area contributed by atoms with Gasteiger partial charge in [0.1, 0.15) is 11.5 Å². The average Bonchev–Trinajstić information content (AvgIpc) is 3.15. The summed E-state index contributed by atoms with van der Waals surface area (Å²) in [5.74, 6) is 1.11. The van der Waals surface area contributed by atoms with Gasteiger partial charge in [0.05, 0.1) is 38.1 Å². The lowest BCUT2D eigenvalue weighted by molar-refractivity contribution is -0.125. The SMILES string of the molecule is C=CCN1C(=O)NC(c2cc(OC)cc(OC)c2)C2=C1CN(CCc1ccccc1)C2=O. The van der Waals surface area contributed by atoms with Crippen LogP contribution in [0.25, 0.3) is 0 Å². The molecule has 2 aromatic carbocycles. The van der Waals surface area contributed by atoms with Crippen molar-refractivity contribution in [2.45, 2.75) is 12.5 Å². The van der Waals surface area contributed by atoms with Crippen molar-refractivity contribution in [2.75, 3.05) is 33.9 Å². The highest BCUT2D eigenvalue weighted by molar-refractivity contribution is 6.01. The lowest BCUT2D eigenvalue weighted by Gasteiger charge is -2.33. The van der Waals surface area contributed by atoms with Crippen molar-refractivity contribution < 1.29 is 19.1 Å². The fraction of sp³-hybridized carbons (Fsp3) is 0.280. The van der Waals surface area contributed by atoms with Gasteiger partial charge in [0, 0.05) is 19.2 Å². The Balaban J connectivity index is 1.68. The minimum absolute atomic E-state index is 0.0724. The molecule has 1 unspecified atom stereocenters. The molecule has 0 spiro atoms. The zero-order chi connectivity index (χ0) is 22.7. The maximum Gasteiger partial charge on any atom is 0.322 e.